The molecule has 1 saturated heterocycles. The maximum absolute atomic E-state index is 5.95. The lowest BCUT2D eigenvalue weighted by molar-refractivity contribution is 0.203. The quantitative estimate of drug-likeness (QED) is 0.412. The van der Waals surface area contributed by atoms with Crippen LogP contribution in [0.3, 0.4) is 0 Å². The number of hydrogen-bond acceptors (Lipinski definition) is 3. The Morgan fingerprint density at radius 2 is 1.91 bits per heavy atom. The molecule has 0 amide bonds. The highest BCUT2D eigenvalue weighted by molar-refractivity contribution is 14.0. The number of nitrogens with zero attached hydrogens (tertiary/aromatic N) is 2. The van der Waals surface area contributed by atoms with E-state index in [0.29, 0.717) is 11.9 Å². The van der Waals surface area contributed by atoms with E-state index in [4.69, 9.17) is 10.5 Å². The Balaban J connectivity index is 0.00000264. The van der Waals surface area contributed by atoms with E-state index in [1.54, 1.807) is 7.11 Å². The first-order valence-electron chi connectivity index (χ1n) is 8.10. The van der Waals surface area contributed by atoms with E-state index in [0.717, 1.165) is 24.5 Å². The minimum Gasteiger partial charge on any atom is -0.497 e. The van der Waals surface area contributed by atoms with Gasteiger partial charge < -0.3 is 20.7 Å². The molecule has 1 fully saturated rings. The molecule has 23 heavy (non-hydrogen) atoms. The molecular formula is C17H29IN4O. The minimum atomic E-state index is 0. The first kappa shape index (κ1) is 20.0. The number of piperidine rings is 1. The molecule has 1 aromatic rings. The Kier molecular flexibility index (Phi) is 9.31. The predicted molar refractivity (Wildman–Crippen MR) is 108 cm³/mol. The van der Waals surface area contributed by atoms with Crippen LogP contribution in [0.4, 0.5) is 5.69 Å². The van der Waals surface area contributed by atoms with Crippen molar-refractivity contribution in [3.8, 4) is 5.75 Å². The van der Waals surface area contributed by atoms with Gasteiger partial charge in [0.2, 0.25) is 0 Å². The van der Waals surface area contributed by atoms with Gasteiger partial charge in [-0.15, -0.1) is 24.0 Å². The van der Waals surface area contributed by atoms with E-state index >= 15 is 0 Å². The monoisotopic (exact) mass is 432 g/mol. The number of aliphatic imine (C=N–C) groups is 1. The molecule has 0 aromatic heterocycles. The number of ether oxygens (including phenoxy) is 1. The van der Waals surface area contributed by atoms with Gasteiger partial charge >= 0.3 is 0 Å². The van der Waals surface area contributed by atoms with Crippen molar-refractivity contribution in [3.05, 3.63) is 24.3 Å². The molecule has 2 rings (SSSR count). The number of anilines is 1. The Morgan fingerprint density at radius 1 is 1.26 bits per heavy atom. The van der Waals surface area contributed by atoms with Gasteiger partial charge in [-0.1, -0.05) is 13.3 Å². The highest BCUT2D eigenvalue weighted by Gasteiger charge is 2.13. The van der Waals surface area contributed by atoms with E-state index in [1.165, 1.54) is 32.4 Å². The van der Waals surface area contributed by atoms with Gasteiger partial charge in [-0.25, -0.2) is 0 Å². The standard InChI is InChI=1S/C17H28N4O.HI/c1-14(13-21-10-4-3-5-11-21)12-19-17(18)20-15-6-8-16(22-2)9-7-15;/h6-9,14H,3-5,10-13H2,1-2H3,(H3,18,19,20);1H. The molecule has 1 aliphatic heterocycles. The van der Waals surface area contributed by atoms with E-state index in [-0.39, 0.29) is 24.0 Å². The van der Waals surface area contributed by atoms with E-state index in [9.17, 15) is 0 Å². The third-order valence-corrected chi connectivity index (χ3v) is 3.95. The summed E-state index contributed by atoms with van der Waals surface area (Å²) in [5, 5.41) is 3.11. The molecule has 6 heteroatoms. The van der Waals surface area contributed by atoms with E-state index in [1.807, 2.05) is 24.3 Å². The van der Waals surface area contributed by atoms with Gasteiger partial charge in [0.25, 0.3) is 0 Å². The SMILES string of the molecule is COc1ccc(NC(N)=NCC(C)CN2CCCCC2)cc1.I. The number of halogens is 1. The number of rotatable bonds is 6. The molecule has 1 aromatic carbocycles. The van der Waals surface area contributed by atoms with Crippen molar-refractivity contribution in [2.24, 2.45) is 16.6 Å². The zero-order chi connectivity index (χ0) is 15.8. The van der Waals surface area contributed by atoms with Gasteiger partial charge in [-0.05, 0) is 56.1 Å². The van der Waals surface area contributed by atoms with Gasteiger partial charge in [-0.3, -0.25) is 4.99 Å². The van der Waals surface area contributed by atoms with Crippen molar-refractivity contribution in [2.75, 3.05) is 38.6 Å². The summed E-state index contributed by atoms with van der Waals surface area (Å²) in [6.07, 6.45) is 4.04. The summed E-state index contributed by atoms with van der Waals surface area (Å²) in [6, 6.07) is 7.65. The summed E-state index contributed by atoms with van der Waals surface area (Å²) in [4.78, 5) is 6.99. The van der Waals surface area contributed by atoms with Crippen LogP contribution in [0.1, 0.15) is 26.2 Å². The molecule has 1 atom stereocenters. The van der Waals surface area contributed by atoms with Crippen molar-refractivity contribution in [1.29, 1.82) is 0 Å². The lowest BCUT2D eigenvalue weighted by atomic mass is 10.1. The fourth-order valence-electron chi connectivity index (χ4n) is 2.76. The van der Waals surface area contributed by atoms with Crippen molar-refractivity contribution in [2.45, 2.75) is 26.2 Å². The molecule has 130 valence electrons. The molecule has 1 aliphatic rings. The van der Waals surface area contributed by atoms with Crippen LogP contribution in [-0.4, -0.2) is 44.1 Å². The molecule has 0 radical (unpaired) electrons. The second-order valence-corrected chi connectivity index (χ2v) is 6.05. The molecule has 1 unspecified atom stereocenters. The molecule has 3 N–H and O–H groups in total. The topological polar surface area (TPSA) is 62.9 Å². The van der Waals surface area contributed by atoms with Crippen LogP contribution in [0.2, 0.25) is 0 Å². The maximum atomic E-state index is 5.95. The summed E-state index contributed by atoms with van der Waals surface area (Å²) < 4.78 is 5.13. The molecule has 0 bridgehead atoms. The smallest absolute Gasteiger partial charge is 0.193 e. The number of guanidine groups is 1. The Hall–Kier alpha value is -1.02. The lowest BCUT2D eigenvalue weighted by Crippen LogP contribution is -2.34. The summed E-state index contributed by atoms with van der Waals surface area (Å²) in [6.45, 7) is 6.56. The van der Waals surface area contributed by atoms with E-state index in [2.05, 4.69) is 22.1 Å². The largest absolute Gasteiger partial charge is 0.497 e. The van der Waals surface area contributed by atoms with Crippen LogP contribution in [-0.2, 0) is 0 Å². The lowest BCUT2D eigenvalue weighted by Gasteiger charge is -2.28. The molecular weight excluding hydrogens is 403 g/mol. The average molecular weight is 432 g/mol. The Morgan fingerprint density at radius 3 is 2.52 bits per heavy atom. The number of benzene rings is 1. The normalized spacial score (nSPS) is 17.2. The van der Waals surface area contributed by atoms with Crippen LogP contribution < -0.4 is 15.8 Å². The molecule has 0 saturated carbocycles. The van der Waals surface area contributed by atoms with Gasteiger partial charge in [0.1, 0.15) is 5.75 Å². The minimum absolute atomic E-state index is 0. The fraction of sp³-hybridized carbons (Fsp3) is 0.588. The second-order valence-electron chi connectivity index (χ2n) is 6.05. The summed E-state index contributed by atoms with van der Waals surface area (Å²) in [5.41, 5.74) is 6.87. The van der Waals surface area contributed by atoms with Crippen LogP contribution >= 0.6 is 24.0 Å². The number of methoxy groups -OCH3 is 1. The first-order valence-corrected chi connectivity index (χ1v) is 8.10. The highest BCUT2D eigenvalue weighted by Crippen LogP contribution is 2.15. The number of nitrogens with two attached hydrogens (primary N) is 1. The predicted octanol–water partition coefficient (Wildman–Crippen LogP) is 3.16. The highest BCUT2D eigenvalue weighted by atomic mass is 127. The van der Waals surface area contributed by atoms with Crippen LogP contribution in [0.15, 0.2) is 29.3 Å². The number of likely N-dealkylation sites (tertiary alicyclic amines) is 1. The van der Waals surface area contributed by atoms with Crippen LogP contribution in [0, 0.1) is 5.92 Å². The van der Waals surface area contributed by atoms with Crippen molar-refractivity contribution in [3.63, 3.8) is 0 Å². The molecule has 0 aliphatic carbocycles. The summed E-state index contributed by atoms with van der Waals surface area (Å²) in [7, 11) is 1.65. The second kappa shape index (κ2) is 10.7. The average Bonchev–Trinajstić information content (AvgIpc) is 2.55. The van der Waals surface area contributed by atoms with Gasteiger partial charge in [0, 0.05) is 18.8 Å². The van der Waals surface area contributed by atoms with Crippen LogP contribution in [0.25, 0.3) is 0 Å². The van der Waals surface area contributed by atoms with Crippen molar-refractivity contribution < 1.29 is 4.74 Å². The molecule has 5 nitrogen and oxygen atoms in total. The fourth-order valence-corrected chi connectivity index (χ4v) is 2.76. The van der Waals surface area contributed by atoms with Gasteiger partial charge in [0.05, 0.1) is 7.11 Å². The maximum Gasteiger partial charge on any atom is 0.193 e. The van der Waals surface area contributed by atoms with Gasteiger partial charge in [0.15, 0.2) is 5.96 Å². The first-order chi connectivity index (χ1) is 10.7. The molecule has 0 spiro atoms. The number of nitrogens with one attached hydrogen (secondary N) is 1. The third kappa shape index (κ3) is 7.39. The summed E-state index contributed by atoms with van der Waals surface area (Å²) >= 11 is 0. The van der Waals surface area contributed by atoms with E-state index < -0.39 is 0 Å². The van der Waals surface area contributed by atoms with Crippen LogP contribution in [0.5, 0.6) is 5.75 Å². The van der Waals surface area contributed by atoms with Gasteiger partial charge in [-0.2, -0.15) is 0 Å². The third-order valence-electron chi connectivity index (χ3n) is 3.95. The Bertz CT molecular complexity index is 472. The van der Waals surface area contributed by atoms with Crippen molar-refractivity contribution >= 4 is 35.6 Å². The summed E-state index contributed by atoms with van der Waals surface area (Å²) in [5.74, 6) is 1.82. The van der Waals surface area contributed by atoms with Crippen molar-refractivity contribution in [1.82, 2.24) is 4.90 Å². The Labute approximate surface area is 156 Å². The number of hydrogen-bond donors (Lipinski definition) is 2. The zero-order valence-corrected chi connectivity index (χ0v) is 16.5. The zero-order valence-electron chi connectivity index (χ0n) is 14.1. The molecule has 1 heterocycles.